The van der Waals surface area contributed by atoms with Gasteiger partial charge in [0, 0.05) is 11.8 Å². The third kappa shape index (κ3) is 2.39. The number of methoxy groups -OCH3 is 1. The van der Waals surface area contributed by atoms with Gasteiger partial charge in [-0.15, -0.1) is 0 Å². The van der Waals surface area contributed by atoms with Crippen LogP contribution in [-0.2, 0) is 9.53 Å². The predicted octanol–water partition coefficient (Wildman–Crippen LogP) is 4.23. The topological polar surface area (TPSA) is 44.1 Å². The van der Waals surface area contributed by atoms with Crippen molar-refractivity contribution in [3.05, 3.63) is 29.4 Å². The molecule has 0 aliphatic heterocycles. The van der Waals surface area contributed by atoms with Gasteiger partial charge < -0.3 is 4.74 Å². The van der Waals surface area contributed by atoms with E-state index in [1.165, 1.54) is 7.11 Å². The van der Waals surface area contributed by atoms with Crippen LogP contribution >= 0.6 is 11.6 Å². The van der Waals surface area contributed by atoms with Crippen LogP contribution in [0.5, 0.6) is 0 Å². The lowest BCUT2D eigenvalue weighted by molar-refractivity contribution is -0.142. The first kappa shape index (κ1) is 15.3. The Labute approximate surface area is 135 Å². The number of aromatic nitrogens is 2. The number of halogens is 1. The zero-order valence-electron chi connectivity index (χ0n) is 13.2. The standard InChI is InChI=1S/C17H21ClN2O2/c1-17(2)11(8-9-15(21)22-3)10-14(17)20-13-7-5-4-6-12(13)16(18)19-20/h4-7,11,14H,8-10H2,1-3H3/t11-,14?/m0/s1. The first-order valence-corrected chi connectivity index (χ1v) is 8.02. The first-order valence-electron chi connectivity index (χ1n) is 7.64. The molecule has 22 heavy (non-hydrogen) atoms. The van der Waals surface area contributed by atoms with Crippen molar-refractivity contribution in [3.63, 3.8) is 0 Å². The van der Waals surface area contributed by atoms with Gasteiger partial charge >= 0.3 is 5.97 Å². The minimum Gasteiger partial charge on any atom is -0.469 e. The van der Waals surface area contributed by atoms with Crippen LogP contribution in [0, 0.1) is 11.3 Å². The number of nitrogens with zero attached hydrogens (tertiary/aromatic N) is 2. The molecule has 1 aliphatic rings. The Morgan fingerprint density at radius 3 is 2.86 bits per heavy atom. The Kier molecular flexibility index (Phi) is 3.89. The summed E-state index contributed by atoms with van der Waals surface area (Å²) in [7, 11) is 1.44. The fourth-order valence-electron chi connectivity index (χ4n) is 3.58. The van der Waals surface area contributed by atoms with Crippen molar-refractivity contribution in [2.45, 2.75) is 39.2 Å². The second-order valence-electron chi connectivity index (χ2n) is 6.64. The Bertz CT molecular complexity index is 708. The smallest absolute Gasteiger partial charge is 0.305 e. The molecule has 118 valence electrons. The van der Waals surface area contributed by atoms with Crippen molar-refractivity contribution in [1.82, 2.24) is 9.78 Å². The number of para-hydroxylation sites is 1. The zero-order valence-corrected chi connectivity index (χ0v) is 13.9. The summed E-state index contributed by atoms with van der Waals surface area (Å²) in [5, 5.41) is 6.10. The number of ether oxygens (including phenoxy) is 1. The quantitative estimate of drug-likeness (QED) is 0.792. The lowest BCUT2D eigenvalue weighted by Gasteiger charge is -2.52. The number of rotatable bonds is 4. The van der Waals surface area contributed by atoms with Gasteiger partial charge in [0.25, 0.3) is 0 Å². The molecule has 0 spiro atoms. The SMILES string of the molecule is COC(=O)CC[C@H]1CC(n2nc(Cl)c3ccccc32)C1(C)C. The molecule has 1 unspecified atom stereocenters. The van der Waals surface area contributed by atoms with Gasteiger partial charge in [0.05, 0.1) is 18.7 Å². The van der Waals surface area contributed by atoms with Crippen LogP contribution in [0.1, 0.15) is 39.2 Å². The molecule has 2 atom stereocenters. The van der Waals surface area contributed by atoms with Crippen LogP contribution in [0.25, 0.3) is 10.9 Å². The fourth-order valence-corrected chi connectivity index (χ4v) is 3.82. The summed E-state index contributed by atoms with van der Waals surface area (Å²) >= 11 is 6.26. The van der Waals surface area contributed by atoms with Gasteiger partial charge in [-0.05, 0) is 36.3 Å². The van der Waals surface area contributed by atoms with Crippen LogP contribution in [0.3, 0.4) is 0 Å². The molecular formula is C17H21ClN2O2. The van der Waals surface area contributed by atoms with Crippen LogP contribution in [0.15, 0.2) is 24.3 Å². The number of carbonyl (C=O) groups excluding carboxylic acids is 1. The van der Waals surface area contributed by atoms with E-state index in [2.05, 4.69) is 29.7 Å². The number of esters is 1. The Morgan fingerprint density at radius 1 is 1.45 bits per heavy atom. The third-order valence-corrected chi connectivity index (χ3v) is 5.49. The Morgan fingerprint density at radius 2 is 2.18 bits per heavy atom. The normalized spacial score (nSPS) is 23.3. The number of carbonyl (C=O) groups is 1. The minimum absolute atomic E-state index is 0.0894. The van der Waals surface area contributed by atoms with Crippen LogP contribution < -0.4 is 0 Å². The number of benzene rings is 1. The molecule has 1 aliphatic carbocycles. The fraction of sp³-hybridized carbons (Fsp3) is 0.529. The zero-order chi connectivity index (χ0) is 15.9. The summed E-state index contributed by atoms with van der Waals surface area (Å²) < 4.78 is 6.80. The van der Waals surface area contributed by atoms with E-state index < -0.39 is 0 Å². The monoisotopic (exact) mass is 320 g/mol. The van der Waals surface area contributed by atoms with Crippen molar-refractivity contribution in [1.29, 1.82) is 0 Å². The second kappa shape index (κ2) is 5.58. The van der Waals surface area contributed by atoms with E-state index in [0.29, 0.717) is 23.5 Å². The molecule has 2 aromatic rings. The molecule has 0 amide bonds. The second-order valence-corrected chi connectivity index (χ2v) is 7.00. The summed E-state index contributed by atoms with van der Waals surface area (Å²) in [5.74, 6) is 0.366. The molecule has 1 heterocycles. The van der Waals surface area contributed by atoms with E-state index in [4.69, 9.17) is 16.3 Å². The van der Waals surface area contributed by atoms with Gasteiger partial charge in [-0.3, -0.25) is 9.48 Å². The molecule has 1 aromatic carbocycles. The molecule has 1 saturated carbocycles. The van der Waals surface area contributed by atoms with Gasteiger partial charge in [0.15, 0.2) is 5.15 Å². The van der Waals surface area contributed by atoms with Gasteiger partial charge in [-0.1, -0.05) is 37.6 Å². The lowest BCUT2D eigenvalue weighted by Crippen LogP contribution is -2.46. The highest BCUT2D eigenvalue weighted by Gasteiger charge is 2.49. The first-order chi connectivity index (χ1) is 10.4. The molecule has 5 heteroatoms. The minimum atomic E-state index is -0.133. The molecule has 0 N–H and O–H groups in total. The summed E-state index contributed by atoms with van der Waals surface area (Å²) in [5.41, 5.74) is 1.17. The average Bonchev–Trinajstić information content (AvgIpc) is 2.83. The number of fused-ring (bicyclic) bond motifs is 1. The van der Waals surface area contributed by atoms with Crippen molar-refractivity contribution in [3.8, 4) is 0 Å². The van der Waals surface area contributed by atoms with Crippen LogP contribution in [-0.4, -0.2) is 22.9 Å². The largest absolute Gasteiger partial charge is 0.469 e. The molecule has 4 nitrogen and oxygen atoms in total. The van der Waals surface area contributed by atoms with E-state index in [9.17, 15) is 4.79 Å². The van der Waals surface area contributed by atoms with Gasteiger partial charge in [-0.25, -0.2) is 0 Å². The van der Waals surface area contributed by atoms with Crippen molar-refractivity contribution >= 4 is 28.5 Å². The number of hydrogen-bond donors (Lipinski definition) is 0. The highest BCUT2D eigenvalue weighted by Crippen LogP contribution is 2.56. The summed E-state index contributed by atoms with van der Waals surface area (Å²) in [6, 6.07) is 8.36. The van der Waals surface area contributed by atoms with Crippen molar-refractivity contribution < 1.29 is 9.53 Å². The van der Waals surface area contributed by atoms with E-state index in [1.54, 1.807) is 0 Å². The Balaban J connectivity index is 1.80. The van der Waals surface area contributed by atoms with E-state index in [0.717, 1.165) is 23.7 Å². The van der Waals surface area contributed by atoms with E-state index in [1.807, 2.05) is 18.2 Å². The predicted molar refractivity (Wildman–Crippen MR) is 86.9 cm³/mol. The van der Waals surface area contributed by atoms with Crippen molar-refractivity contribution in [2.24, 2.45) is 11.3 Å². The maximum absolute atomic E-state index is 11.3. The maximum atomic E-state index is 11.3. The average molecular weight is 321 g/mol. The molecular weight excluding hydrogens is 300 g/mol. The number of hydrogen-bond acceptors (Lipinski definition) is 3. The summed E-state index contributed by atoms with van der Waals surface area (Å²) in [6.45, 7) is 4.49. The molecule has 0 radical (unpaired) electrons. The molecule has 3 rings (SSSR count). The highest BCUT2D eigenvalue weighted by atomic mass is 35.5. The van der Waals surface area contributed by atoms with Crippen LogP contribution in [0.4, 0.5) is 0 Å². The van der Waals surface area contributed by atoms with Crippen molar-refractivity contribution in [2.75, 3.05) is 7.11 Å². The molecule has 0 saturated heterocycles. The van der Waals surface area contributed by atoms with Gasteiger partial charge in [-0.2, -0.15) is 5.10 Å². The molecule has 0 bridgehead atoms. The molecule has 1 aromatic heterocycles. The third-order valence-electron chi connectivity index (χ3n) is 5.21. The lowest BCUT2D eigenvalue weighted by atomic mass is 9.57. The molecule has 1 fully saturated rings. The summed E-state index contributed by atoms with van der Waals surface area (Å²) in [6.07, 6.45) is 2.37. The van der Waals surface area contributed by atoms with Crippen LogP contribution in [0.2, 0.25) is 5.15 Å². The van der Waals surface area contributed by atoms with E-state index in [-0.39, 0.29) is 11.4 Å². The van der Waals surface area contributed by atoms with E-state index >= 15 is 0 Å². The Hall–Kier alpha value is -1.55. The highest BCUT2D eigenvalue weighted by molar-refractivity contribution is 6.34. The van der Waals surface area contributed by atoms with Gasteiger partial charge in [0.2, 0.25) is 0 Å². The van der Waals surface area contributed by atoms with Gasteiger partial charge in [0.1, 0.15) is 0 Å². The maximum Gasteiger partial charge on any atom is 0.305 e. The summed E-state index contributed by atoms with van der Waals surface area (Å²) in [4.78, 5) is 11.3.